The first-order chi connectivity index (χ1) is 12.4. The van der Waals surface area contributed by atoms with Crippen LogP contribution >= 0.6 is 11.6 Å². The predicted octanol–water partition coefficient (Wildman–Crippen LogP) is 2.55. The average Bonchev–Trinajstić information content (AvgIpc) is 2.62. The van der Waals surface area contributed by atoms with Gasteiger partial charge in [0.1, 0.15) is 0 Å². The molecule has 1 atom stereocenters. The van der Waals surface area contributed by atoms with Crippen molar-refractivity contribution in [1.82, 2.24) is 9.80 Å². The van der Waals surface area contributed by atoms with E-state index in [-0.39, 0.29) is 28.4 Å². The lowest BCUT2D eigenvalue weighted by atomic mass is 9.97. The molecule has 7 nitrogen and oxygen atoms in total. The van der Waals surface area contributed by atoms with Crippen molar-refractivity contribution in [3.63, 3.8) is 0 Å². The second kappa shape index (κ2) is 8.89. The number of piperidine rings is 1. The van der Waals surface area contributed by atoms with Crippen LogP contribution in [-0.4, -0.2) is 53.8 Å². The molecule has 1 aromatic carbocycles. The van der Waals surface area contributed by atoms with Gasteiger partial charge in [-0.3, -0.25) is 9.59 Å². The highest BCUT2D eigenvalue weighted by atomic mass is 35.5. The molecular formula is C18H25ClN4O3. The van der Waals surface area contributed by atoms with Crippen LogP contribution in [0.5, 0.6) is 0 Å². The summed E-state index contributed by atoms with van der Waals surface area (Å²) in [5.41, 5.74) is 5.93. The standard InChI is InChI=1S/C18H25ClN4O3/c1-3-22(4-2)18(26)23-9-5-6-12(11-23)17(25)21-13-7-8-14(16(20)24)15(19)10-13/h7-8,10,12H,3-6,9,11H2,1-2H3,(H2,20,24)(H,21,25). The van der Waals surface area contributed by atoms with Crippen LogP contribution in [0, 0.1) is 5.92 Å². The smallest absolute Gasteiger partial charge is 0.320 e. The van der Waals surface area contributed by atoms with Gasteiger partial charge in [-0.05, 0) is 44.9 Å². The molecule has 3 N–H and O–H groups in total. The molecule has 1 aliphatic rings. The number of carbonyl (C=O) groups is 3. The Hall–Kier alpha value is -2.28. The summed E-state index contributed by atoms with van der Waals surface area (Å²) in [7, 11) is 0. The lowest BCUT2D eigenvalue weighted by Gasteiger charge is -2.35. The lowest BCUT2D eigenvalue weighted by molar-refractivity contribution is -0.121. The minimum Gasteiger partial charge on any atom is -0.366 e. The second-order valence-corrected chi connectivity index (χ2v) is 6.70. The van der Waals surface area contributed by atoms with Crippen LogP contribution in [0.25, 0.3) is 0 Å². The first kappa shape index (κ1) is 20.0. The zero-order valence-electron chi connectivity index (χ0n) is 15.1. The molecule has 8 heteroatoms. The van der Waals surface area contributed by atoms with Crippen molar-refractivity contribution < 1.29 is 14.4 Å². The van der Waals surface area contributed by atoms with Crippen LogP contribution in [0.3, 0.4) is 0 Å². The Morgan fingerprint density at radius 1 is 1.31 bits per heavy atom. The van der Waals surface area contributed by atoms with Gasteiger partial charge in [0.25, 0.3) is 0 Å². The van der Waals surface area contributed by atoms with Crippen molar-refractivity contribution in [3.8, 4) is 0 Å². The summed E-state index contributed by atoms with van der Waals surface area (Å²) in [4.78, 5) is 39.8. The Bertz CT molecular complexity index is 691. The number of likely N-dealkylation sites (tertiary alicyclic amines) is 1. The number of hydrogen-bond acceptors (Lipinski definition) is 3. The van der Waals surface area contributed by atoms with Crippen molar-refractivity contribution >= 4 is 35.1 Å². The number of nitrogens with one attached hydrogen (secondary N) is 1. The predicted molar refractivity (Wildman–Crippen MR) is 101 cm³/mol. The van der Waals surface area contributed by atoms with E-state index in [4.69, 9.17) is 17.3 Å². The van der Waals surface area contributed by atoms with Crippen LogP contribution in [0.15, 0.2) is 18.2 Å². The largest absolute Gasteiger partial charge is 0.366 e. The van der Waals surface area contributed by atoms with Crippen molar-refractivity contribution in [2.45, 2.75) is 26.7 Å². The highest BCUT2D eigenvalue weighted by Gasteiger charge is 2.30. The van der Waals surface area contributed by atoms with E-state index in [1.165, 1.54) is 12.1 Å². The van der Waals surface area contributed by atoms with E-state index < -0.39 is 5.91 Å². The number of nitrogens with zero attached hydrogens (tertiary/aromatic N) is 2. The molecule has 0 aromatic heterocycles. The summed E-state index contributed by atoms with van der Waals surface area (Å²) >= 11 is 6.01. The molecule has 1 saturated heterocycles. The Balaban J connectivity index is 2.02. The lowest BCUT2D eigenvalue weighted by Crippen LogP contribution is -2.49. The minimum atomic E-state index is -0.620. The third kappa shape index (κ3) is 4.66. The number of anilines is 1. The average molecular weight is 381 g/mol. The Morgan fingerprint density at radius 2 is 2.00 bits per heavy atom. The van der Waals surface area contributed by atoms with Crippen LogP contribution in [0.2, 0.25) is 5.02 Å². The van der Waals surface area contributed by atoms with Gasteiger partial charge in [-0.25, -0.2) is 4.79 Å². The number of carbonyl (C=O) groups excluding carboxylic acids is 3. The molecule has 142 valence electrons. The topological polar surface area (TPSA) is 95.7 Å². The highest BCUT2D eigenvalue weighted by molar-refractivity contribution is 6.34. The number of benzene rings is 1. The number of hydrogen-bond donors (Lipinski definition) is 2. The fraction of sp³-hybridized carbons (Fsp3) is 0.500. The van der Waals surface area contributed by atoms with Crippen molar-refractivity contribution in [2.24, 2.45) is 11.7 Å². The third-order valence-corrected chi connectivity index (χ3v) is 4.91. The number of nitrogens with two attached hydrogens (primary N) is 1. The number of primary amides is 1. The van der Waals surface area contributed by atoms with Crippen molar-refractivity contribution in [1.29, 1.82) is 0 Å². The summed E-state index contributed by atoms with van der Waals surface area (Å²) in [6.07, 6.45) is 1.51. The number of rotatable bonds is 5. The first-order valence-electron chi connectivity index (χ1n) is 8.81. The molecule has 0 spiro atoms. The van der Waals surface area contributed by atoms with E-state index in [9.17, 15) is 14.4 Å². The Labute approximate surface area is 158 Å². The van der Waals surface area contributed by atoms with E-state index in [2.05, 4.69) is 5.32 Å². The van der Waals surface area contributed by atoms with Crippen molar-refractivity contribution in [2.75, 3.05) is 31.5 Å². The molecule has 1 unspecified atom stereocenters. The quantitative estimate of drug-likeness (QED) is 0.821. The normalized spacial score (nSPS) is 16.9. The Kier molecular flexibility index (Phi) is 6.85. The summed E-state index contributed by atoms with van der Waals surface area (Å²) in [5.74, 6) is -1.06. The molecule has 4 amide bonds. The molecule has 2 rings (SSSR count). The van der Waals surface area contributed by atoms with Gasteiger partial charge in [-0.2, -0.15) is 0 Å². The molecule has 0 radical (unpaired) electrons. The van der Waals surface area contributed by atoms with Crippen LogP contribution < -0.4 is 11.1 Å². The van der Waals surface area contributed by atoms with Crippen LogP contribution in [0.4, 0.5) is 10.5 Å². The second-order valence-electron chi connectivity index (χ2n) is 6.29. The molecule has 1 aromatic rings. The Morgan fingerprint density at radius 3 is 2.58 bits per heavy atom. The zero-order chi connectivity index (χ0) is 19.3. The molecule has 1 aliphatic heterocycles. The van der Waals surface area contributed by atoms with Crippen LogP contribution in [0.1, 0.15) is 37.0 Å². The molecular weight excluding hydrogens is 356 g/mol. The summed E-state index contributed by atoms with van der Waals surface area (Å²) in [5, 5.41) is 3.00. The first-order valence-corrected chi connectivity index (χ1v) is 9.19. The fourth-order valence-electron chi connectivity index (χ4n) is 3.10. The van der Waals surface area contributed by atoms with Gasteiger partial charge in [0.15, 0.2) is 0 Å². The van der Waals surface area contributed by atoms with Crippen molar-refractivity contribution in [3.05, 3.63) is 28.8 Å². The SMILES string of the molecule is CCN(CC)C(=O)N1CCCC(C(=O)Nc2ccc(C(N)=O)c(Cl)c2)C1. The minimum absolute atomic E-state index is 0.0265. The molecule has 26 heavy (non-hydrogen) atoms. The fourth-order valence-corrected chi connectivity index (χ4v) is 3.37. The number of halogens is 1. The van der Waals surface area contributed by atoms with Gasteiger partial charge < -0.3 is 20.9 Å². The van der Waals surface area contributed by atoms with E-state index >= 15 is 0 Å². The summed E-state index contributed by atoms with van der Waals surface area (Å²) in [6.45, 7) is 6.23. The molecule has 1 heterocycles. The van der Waals surface area contributed by atoms with Gasteiger partial charge in [-0.15, -0.1) is 0 Å². The summed E-state index contributed by atoms with van der Waals surface area (Å²) < 4.78 is 0. The molecule has 0 bridgehead atoms. The van der Waals surface area contributed by atoms with E-state index in [0.29, 0.717) is 31.9 Å². The summed E-state index contributed by atoms with van der Waals surface area (Å²) in [6, 6.07) is 4.55. The molecule has 0 aliphatic carbocycles. The van der Waals surface area contributed by atoms with E-state index in [1.54, 1.807) is 15.9 Å². The van der Waals surface area contributed by atoms with Gasteiger partial charge in [0.2, 0.25) is 11.8 Å². The van der Waals surface area contributed by atoms with E-state index in [1.807, 2.05) is 13.8 Å². The zero-order valence-corrected chi connectivity index (χ0v) is 15.9. The maximum absolute atomic E-state index is 12.6. The monoisotopic (exact) mass is 380 g/mol. The van der Waals surface area contributed by atoms with Crippen LogP contribution in [-0.2, 0) is 4.79 Å². The number of amides is 4. The van der Waals surface area contributed by atoms with Gasteiger partial charge in [0, 0.05) is 31.9 Å². The van der Waals surface area contributed by atoms with E-state index in [0.717, 1.165) is 12.8 Å². The molecule has 0 saturated carbocycles. The maximum atomic E-state index is 12.6. The highest BCUT2D eigenvalue weighted by Crippen LogP contribution is 2.23. The maximum Gasteiger partial charge on any atom is 0.320 e. The number of urea groups is 1. The van der Waals surface area contributed by atoms with Gasteiger partial charge in [-0.1, -0.05) is 11.6 Å². The van der Waals surface area contributed by atoms with Gasteiger partial charge >= 0.3 is 6.03 Å². The third-order valence-electron chi connectivity index (χ3n) is 4.60. The molecule has 1 fully saturated rings. The van der Waals surface area contributed by atoms with Gasteiger partial charge in [0.05, 0.1) is 16.5 Å².